The van der Waals surface area contributed by atoms with Gasteiger partial charge in [-0.05, 0) is 17.7 Å². The van der Waals surface area contributed by atoms with E-state index in [1.807, 2.05) is 0 Å². The van der Waals surface area contributed by atoms with Crippen LogP contribution in [0.4, 0.5) is 13.2 Å². The van der Waals surface area contributed by atoms with Crippen LogP contribution in [0.3, 0.4) is 0 Å². The average molecular weight is 340 g/mol. The van der Waals surface area contributed by atoms with Crippen LogP contribution in [0, 0.1) is 0 Å². The molecule has 8 heteroatoms. The van der Waals surface area contributed by atoms with Crippen molar-refractivity contribution in [1.82, 2.24) is 15.0 Å². The van der Waals surface area contributed by atoms with Crippen molar-refractivity contribution in [3.8, 4) is 17.0 Å². The van der Waals surface area contributed by atoms with E-state index in [0.717, 1.165) is 18.5 Å². The van der Waals surface area contributed by atoms with E-state index in [9.17, 15) is 13.2 Å². The molecule has 0 aliphatic heterocycles. The van der Waals surface area contributed by atoms with Gasteiger partial charge in [-0.1, -0.05) is 17.7 Å². The number of benzene rings is 1. The van der Waals surface area contributed by atoms with Crippen molar-refractivity contribution in [2.24, 2.45) is 0 Å². The van der Waals surface area contributed by atoms with Gasteiger partial charge in [0.15, 0.2) is 0 Å². The fourth-order valence-corrected chi connectivity index (χ4v) is 2.55. The first-order chi connectivity index (χ1) is 10.9. The van der Waals surface area contributed by atoms with Gasteiger partial charge in [-0.2, -0.15) is 13.2 Å². The van der Waals surface area contributed by atoms with Crippen LogP contribution in [0.1, 0.15) is 5.56 Å². The molecule has 0 amide bonds. The largest absolute Gasteiger partial charge is 0.480 e. The number of methoxy groups -OCH3 is 1. The number of aromatic nitrogens is 3. The first kappa shape index (κ1) is 15.5. The van der Waals surface area contributed by atoms with Crippen molar-refractivity contribution >= 4 is 22.5 Å². The predicted octanol–water partition coefficient (Wildman–Crippen LogP) is 4.37. The minimum absolute atomic E-state index is 0.0882. The zero-order valence-corrected chi connectivity index (χ0v) is 12.5. The van der Waals surface area contributed by atoms with Crippen LogP contribution in [-0.4, -0.2) is 22.1 Å². The van der Waals surface area contributed by atoms with E-state index in [2.05, 4.69) is 15.0 Å². The van der Waals surface area contributed by atoms with Crippen LogP contribution in [0.25, 0.3) is 22.0 Å². The minimum Gasteiger partial charge on any atom is -0.480 e. The molecule has 1 aromatic carbocycles. The van der Waals surface area contributed by atoms with Gasteiger partial charge in [0.1, 0.15) is 6.33 Å². The van der Waals surface area contributed by atoms with Crippen LogP contribution in [0.5, 0.6) is 5.88 Å². The molecule has 2 heterocycles. The Balaban J connectivity index is 2.41. The number of rotatable bonds is 2. The normalized spacial score (nSPS) is 11.7. The summed E-state index contributed by atoms with van der Waals surface area (Å²) in [5, 5.41) is 0.600. The lowest BCUT2D eigenvalue weighted by Crippen LogP contribution is -2.07. The number of halogens is 4. The summed E-state index contributed by atoms with van der Waals surface area (Å²) in [6.07, 6.45) is -1.03. The number of fused-ring (bicyclic) bond motifs is 1. The van der Waals surface area contributed by atoms with E-state index in [4.69, 9.17) is 16.3 Å². The second-order valence-corrected chi connectivity index (χ2v) is 5.03. The summed E-state index contributed by atoms with van der Waals surface area (Å²) < 4.78 is 45.0. The summed E-state index contributed by atoms with van der Waals surface area (Å²) in [4.78, 5) is 11.8. The molecule has 4 nitrogen and oxygen atoms in total. The van der Waals surface area contributed by atoms with Crippen molar-refractivity contribution in [1.29, 1.82) is 0 Å². The lowest BCUT2D eigenvalue weighted by Gasteiger charge is -2.15. The van der Waals surface area contributed by atoms with Gasteiger partial charge in [-0.3, -0.25) is 4.98 Å². The number of hydrogen-bond acceptors (Lipinski definition) is 4. The molecule has 0 bridgehead atoms. The van der Waals surface area contributed by atoms with E-state index in [1.165, 1.54) is 25.6 Å². The van der Waals surface area contributed by atoms with Crippen LogP contribution in [0.2, 0.25) is 5.02 Å². The molecular weight excluding hydrogens is 331 g/mol. The maximum Gasteiger partial charge on any atom is 0.417 e. The second kappa shape index (κ2) is 5.66. The number of alkyl halides is 3. The monoisotopic (exact) mass is 339 g/mol. The van der Waals surface area contributed by atoms with Crippen molar-refractivity contribution in [3.05, 3.63) is 47.5 Å². The molecule has 0 aliphatic rings. The second-order valence-electron chi connectivity index (χ2n) is 4.62. The number of hydrogen-bond donors (Lipinski definition) is 0. The summed E-state index contributed by atoms with van der Waals surface area (Å²) in [6, 6.07) is 3.88. The highest BCUT2D eigenvalue weighted by Gasteiger charge is 2.34. The van der Waals surface area contributed by atoms with Gasteiger partial charge in [0.05, 0.1) is 28.6 Å². The molecule has 0 N–H and O–H groups in total. The number of pyridine rings is 1. The van der Waals surface area contributed by atoms with Gasteiger partial charge < -0.3 is 4.74 Å². The van der Waals surface area contributed by atoms with E-state index < -0.39 is 11.7 Å². The third kappa shape index (κ3) is 2.68. The highest BCUT2D eigenvalue weighted by Crippen LogP contribution is 2.41. The third-order valence-electron chi connectivity index (χ3n) is 3.31. The molecule has 0 spiro atoms. The zero-order valence-electron chi connectivity index (χ0n) is 11.7. The molecule has 118 valence electrons. The first-order valence-corrected chi connectivity index (χ1v) is 6.80. The highest BCUT2D eigenvalue weighted by atomic mass is 35.5. The standard InChI is InChI=1S/C15H9ClF3N3O/c1-23-14-12-8(2-3-11(16)13(12)21-7-22-14)9-6-20-5-4-10(9)15(17,18)19/h2-7H,1H3. The van der Waals surface area contributed by atoms with Crippen molar-refractivity contribution in [3.63, 3.8) is 0 Å². The molecular formula is C15H9ClF3N3O. The molecule has 0 unspecified atom stereocenters. The molecule has 0 fully saturated rings. The Morgan fingerprint density at radius 1 is 1.09 bits per heavy atom. The molecule has 0 saturated heterocycles. The lowest BCUT2D eigenvalue weighted by atomic mass is 9.98. The van der Waals surface area contributed by atoms with Crippen LogP contribution < -0.4 is 4.74 Å². The van der Waals surface area contributed by atoms with Crippen LogP contribution in [-0.2, 0) is 6.18 Å². The highest BCUT2D eigenvalue weighted by molar-refractivity contribution is 6.35. The molecule has 0 saturated carbocycles. The summed E-state index contributed by atoms with van der Waals surface area (Å²) >= 11 is 6.09. The van der Waals surface area contributed by atoms with Crippen molar-refractivity contribution in [2.45, 2.75) is 6.18 Å². The Morgan fingerprint density at radius 3 is 2.57 bits per heavy atom. The van der Waals surface area contributed by atoms with E-state index in [0.29, 0.717) is 15.9 Å². The predicted molar refractivity (Wildman–Crippen MR) is 79.3 cm³/mol. The van der Waals surface area contributed by atoms with Gasteiger partial charge in [-0.25, -0.2) is 9.97 Å². The number of ether oxygens (including phenoxy) is 1. The summed E-state index contributed by atoms with van der Waals surface area (Å²) in [5.41, 5.74) is -0.327. The van der Waals surface area contributed by atoms with Gasteiger partial charge in [0, 0.05) is 18.0 Å². The smallest absolute Gasteiger partial charge is 0.417 e. The van der Waals surface area contributed by atoms with E-state index >= 15 is 0 Å². The van der Waals surface area contributed by atoms with E-state index in [1.54, 1.807) is 0 Å². The Morgan fingerprint density at radius 2 is 1.87 bits per heavy atom. The molecule has 3 rings (SSSR count). The molecule has 0 radical (unpaired) electrons. The molecule has 2 aromatic heterocycles. The third-order valence-corrected chi connectivity index (χ3v) is 3.62. The summed E-state index contributed by atoms with van der Waals surface area (Å²) in [5.74, 6) is 0.143. The SMILES string of the molecule is COc1ncnc2c(Cl)ccc(-c3cnccc3C(F)(F)F)c12. The molecule has 23 heavy (non-hydrogen) atoms. The zero-order chi connectivity index (χ0) is 16.6. The Hall–Kier alpha value is -2.41. The maximum atomic E-state index is 13.3. The fraction of sp³-hybridized carbons (Fsp3) is 0.133. The molecule has 3 aromatic rings. The lowest BCUT2D eigenvalue weighted by molar-refractivity contribution is -0.137. The average Bonchev–Trinajstić information content (AvgIpc) is 2.54. The molecule has 0 aliphatic carbocycles. The van der Waals surface area contributed by atoms with Crippen LogP contribution in [0.15, 0.2) is 36.9 Å². The van der Waals surface area contributed by atoms with E-state index in [-0.39, 0.29) is 17.0 Å². The maximum absolute atomic E-state index is 13.3. The quantitative estimate of drug-likeness (QED) is 0.695. The summed E-state index contributed by atoms with van der Waals surface area (Å²) in [7, 11) is 1.38. The topological polar surface area (TPSA) is 47.9 Å². The fourth-order valence-electron chi connectivity index (χ4n) is 2.35. The molecule has 0 atom stereocenters. The first-order valence-electron chi connectivity index (χ1n) is 6.42. The van der Waals surface area contributed by atoms with Crippen LogP contribution >= 0.6 is 11.6 Å². The minimum atomic E-state index is -4.52. The Bertz CT molecular complexity index is 883. The van der Waals surface area contributed by atoms with Gasteiger partial charge in [-0.15, -0.1) is 0 Å². The number of nitrogens with zero attached hydrogens (tertiary/aromatic N) is 3. The Kier molecular flexibility index (Phi) is 3.81. The summed E-state index contributed by atoms with van der Waals surface area (Å²) in [6.45, 7) is 0. The van der Waals surface area contributed by atoms with Crippen molar-refractivity contribution < 1.29 is 17.9 Å². The Labute approximate surface area is 133 Å². The van der Waals surface area contributed by atoms with Gasteiger partial charge in [0.25, 0.3) is 0 Å². The van der Waals surface area contributed by atoms with Gasteiger partial charge in [0.2, 0.25) is 5.88 Å². The van der Waals surface area contributed by atoms with Gasteiger partial charge >= 0.3 is 6.18 Å². The van der Waals surface area contributed by atoms with Crippen molar-refractivity contribution in [2.75, 3.05) is 7.11 Å².